The van der Waals surface area contributed by atoms with Crippen LogP contribution in [0.25, 0.3) is 12.2 Å². The molecule has 0 nitrogen and oxygen atoms in total. The van der Waals surface area contributed by atoms with Crippen LogP contribution >= 0.6 is 24.8 Å². The van der Waals surface area contributed by atoms with Crippen molar-refractivity contribution in [3.63, 3.8) is 0 Å². The van der Waals surface area contributed by atoms with Crippen LogP contribution in [0.3, 0.4) is 0 Å². The Labute approximate surface area is 212 Å². The molecule has 2 atom stereocenters. The van der Waals surface area contributed by atoms with Gasteiger partial charge >= 0.3 is 189 Å². The second-order valence-electron chi connectivity index (χ2n) is 9.86. The Hall–Kier alpha value is -0.630. The maximum absolute atomic E-state index is 2.69. The van der Waals surface area contributed by atoms with Gasteiger partial charge in [0.25, 0.3) is 0 Å². The molecule has 172 valence electrons. The van der Waals surface area contributed by atoms with Crippen LogP contribution in [0.4, 0.5) is 0 Å². The average molecular weight is 636 g/mol. The first-order valence-corrected chi connectivity index (χ1v) is 21.6. The predicted molar refractivity (Wildman–Crippen MR) is 142 cm³/mol. The molecule has 2 aromatic carbocycles. The van der Waals surface area contributed by atoms with Crippen LogP contribution in [0.15, 0.2) is 59.7 Å². The van der Waals surface area contributed by atoms with E-state index in [0.29, 0.717) is 0 Å². The van der Waals surface area contributed by atoms with Crippen molar-refractivity contribution in [2.75, 3.05) is 0 Å². The van der Waals surface area contributed by atoms with E-state index < -0.39 is 20.0 Å². The molecule has 3 aliphatic rings. The molecule has 1 aliphatic heterocycles. The van der Waals surface area contributed by atoms with Crippen molar-refractivity contribution in [3.05, 3.63) is 81.9 Å². The first-order chi connectivity index (χ1) is 14.8. The Balaban J connectivity index is 0.00000144. The van der Waals surface area contributed by atoms with E-state index in [1.807, 2.05) is 11.1 Å². The van der Waals surface area contributed by atoms with Crippen molar-refractivity contribution in [1.82, 2.24) is 0 Å². The molecule has 0 amide bonds. The molecule has 0 N–H and O–H groups in total. The maximum atomic E-state index is 2.62. The third kappa shape index (κ3) is 4.39. The van der Waals surface area contributed by atoms with Gasteiger partial charge in [0.2, 0.25) is 0 Å². The summed E-state index contributed by atoms with van der Waals surface area (Å²) in [6.45, 7) is 4.69. The Morgan fingerprint density at radius 2 is 1.12 bits per heavy atom. The van der Waals surface area contributed by atoms with E-state index in [2.05, 4.69) is 74.5 Å². The van der Waals surface area contributed by atoms with Crippen molar-refractivity contribution >= 4 is 37.0 Å². The number of allylic oxidation sites excluding steroid dienone is 2. The summed E-state index contributed by atoms with van der Waals surface area (Å²) >= 11 is -2.69. The fourth-order valence-electron chi connectivity index (χ4n) is 6.66. The van der Waals surface area contributed by atoms with E-state index >= 15 is 0 Å². The van der Waals surface area contributed by atoms with Crippen LogP contribution in [-0.4, -0.2) is 0 Å². The van der Waals surface area contributed by atoms with Crippen LogP contribution in [0.2, 0.25) is 8.35 Å². The van der Waals surface area contributed by atoms with Crippen molar-refractivity contribution < 1.29 is 20.0 Å². The smallest absolute Gasteiger partial charge is 0.147 e. The van der Waals surface area contributed by atoms with Gasteiger partial charge < -0.3 is 0 Å². The molecule has 2 unspecified atom stereocenters. The van der Waals surface area contributed by atoms with Crippen LogP contribution in [0, 0.1) is 0 Å². The Morgan fingerprint density at radius 3 is 1.50 bits per heavy atom. The van der Waals surface area contributed by atoms with Crippen molar-refractivity contribution in [2.24, 2.45) is 0 Å². The Morgan fingerprint density at radius 1 is 0.688 bits per heavy atom. The molecule has 3 heteroatoms. The van der Waals surface area contributed by atoms with E-state index in [1.165, 1.54) is 44.9 Å². The summed E-state index contributed by atoms with van der Waals surface area (Å²) in [5, 5.41) is 0. The normalized spacial score (nSPS) is 21.9. The fraction of sp³-hybridized carbons (Fsp3) is 0.448. The zero-order valence-corrected chi connectivity index (χ0v) is 24.8. The second-order valence-corrected chi connectivity index (χ2v) is 26.5. The minimum absolute atomic E-state index is 0. The average Bonchev–Trinajstić information content (AvgIpc) is 3.29. The molecule has 0 spiro atoms. The van der Waals surface area contributed by atoms with Gasteiger partial charge in [-0.25, -0.2) is 0 Å². The standard InChI is InChI=1S/2C13H15.C3H6.2ClH.Hf/c2*1-2-3-6-11-9-12-7-4-5-8-13(12)10-11;1-3-2;;;/h2*4-5,7-10H,2-3,6H2,1H3;1-3H2;2*1H;. The summed E-state index contributed by atoms with van der Waals surface area (Å²) < 4.78 is 4.85. The quantitative estimate of drug-likeness (QED) is 0.253. The van der Waals surface area contributed by atoms with Crippen LogP contribution in [0.1, 0.15) is 88.4 Å². The SMILES string of the molecule is CCCCC1=Cc2ccccc2[CH]1[Hf]1([CH]2C(CCCC)=Cc3ccccc32)[CH2]C[CH2]1.Cl.Cl. The maximum Gasteiger partial charge on any atom is -0.147 e. The number of benzene rings is 2. The Kier molecular flexibility index (Phi) is 9.09. The van der Waals surface area contributed by atoms with Gasteiger partial charge in [-0.15, -0.1) is 24.8 Å². The third-order valence-corrected chi connectivity index (χ3v) is 30.5. The molecule has 0 aromatic heterocycles. The third-order valence-electron chi connectivity index (χ3n) is 8.11. The molecule has 2 aliphatic carbocycles. The molecule has 2 aromatic rings. The van der Waals surface area contributed by atoms with E-state index in [0.717, 1.165) is 7.35 Å². The van der Waals surface area contributed by atoms with Crippen molar-refractivity contribution in [2.45, 2.75) is 74.5 Å². The molecule has 5 rings (SSSR count). The molecule has 0 bridgehead atoms. The fourth-order valence-corrected chi connectivity index (χ4v) is 29.5. The number of halogens is 2. The minimum atomic E-state index is -2.69. The Bertz CT molecular complexity index is 911. The summed E-state index contributed by atoms with van der Waals surface area (Å²) in [5.74, 6) is 0. The van der Waals surface area contributed by atoms with Gasteiger partial charge in [0.15, 0.2) is 0 Å². The van der Waals surface area contributed by atoms with Crippen molar-refractivity contribution in [1.29, 1.82) is 0 Å². The van der Waals surface area contributed by atoms with Gasteiger partial charge in [-0.2, -0.15) is 0 Å². The molecule has 1 saturated heterocycles. The van der Waals surface area contributed by atoms with Crippen LogP contribution in [-0.2, 0) is 20.0 Å². The summed E-state index contributed by atoms with van der Waals surface area (Å²) in [7, 11) is 0. The largest absolute Gasteiger partial charge is 0.147 e. The molecule has 32 heavy (non-hydrogen) atoms. The summed E-state index contributed by atoms with van der Waals surface area (Å²) in [5.41, 5.74) is 10.2. The zero-order valence-electron chi connectivity index (χ0n) is 19.6. The van der Waals surface area contributed by atoms with Crippen molar-refractivity contribution in [3.8, 4) is 0 Å². The minimum Gasteiger partial charge on any atom is -0.147 e. The molecular formula is C29H38Cl2Hf. The van der Waals surface area contributed by atoms with Gasteiger partial charge in [-0.05, 0) is 0 Å². The number of rotatable bonds is 8. The molecule has 1 heterocycles. The van der Waals surface area contributed by atoms with Gasteiger partial charge in [0.1, 0.15) is 0 Å². The number of hydrogen-bond donors (Lipinski definition) is 0. The molecule has 0 saturated carbocycles. The van der Waals surface area contributed by atoms with Gasteiger partial charge in [0, 0.05) is 0 Å². The van der Waals surface area contributed by atoms with Crippen LogP contribution in [0.5, 0.6) is 0 Å². The predicted octanol–water partition coefficient (Wildman–Crippen LogP) is 9.88. The number of hydrogen-bond acceptors (Lipinski definition) is 0. The first kappa shape index (κ1) is 26.0. The van der Waals surface area contributed by atoms with E-state index in [9.17, 15) is 0 Å². The summed E-state index contributed by atoms with van der Waals surface area (Å²) in [6.07, 6.45) is 14.7. The second kappa shape index (κ2) is 11.2. The summed E-state index contributed by atoms with van der Waals surface area (Å²) in [4.78, 5) is 0. The zero-order chi connectivity index (χ0) is 20.6. The summed E-state index contributed by atoms with van der Waals surface area (Å²) in [6, 6.07) is 18.9. The van der Waals surface area contributed by atoms with Crippen LogP contribution < -0.4 is 0 Å². The van der Waals surface area contributed by atoms with E-state index in [1.54, 1.807) is 30.6 Å². The topological polar surface area (TPSA) is 0 Å². The molecular weight excluding hydrogens is 598 g/mol. The first-order valence-electron chi connectivity index (χ1n) is 12.4. The van der Waals surface area contributed by atoms with Gasteiger partial charge in [0.05, 0.1) is 0 Å². The molecule has 1 fully saturated rings. The number of unbranched alkanes of at least 4 members (excludes halogenated alkanes) is 2. The van der Waals surface area contributed by atoms with E-state index in [-0.39, 0.29) is 24.8 Å². The monoisotopic (exact) mass is 636 g/mol. The van der Waals surface area contributed by atoms with Gasteiger partial charge in [-0.1, -0.05) is 0 Å². The van der Waals surface area contributed by atoms with Gasteiger partial charge in [-0.3, -0.25) is 0 Å². The molecule has 0 radical (unpaired) electrons. The number of fused-ring (bicyclic) bond motifs is 2. The van der Waals surface area contributed by atoms with E-state index in [4.69, 9.17) is 0 Å².